The lowest BCUT2D eigenvalue weighted by atomic mass is 10.1. The molecule has 0 N–H and O–H groups in total. The zero-order valence-corrected chi connectivity index (χ0v) is 20.7. The lowest BCUT2D eigenvalue weighted by molar-refractivity contribution is 0.0788. The molecule has 2 unspecified atom stereocenters. The summed E-state index contributed by atoms with van der Waals surface area (Å²) < 4.78 is 6.39. The summed E-state index contributed by atoms with van der Waals surface area (Å²) in [7, 11) is 0. The molecule has 0 aromatic carbocycles. The number of hydrogen-bond acceptors (Lipinski definition) is 3. The van der Waals surface area contributed by atoms with Crippen molar-refractivity contribution in [2.24, 2.45) is 0 Å². The van der Waals surface area contributed by atoms with Crippen LogP contribution in [0.3, 0.4) is 0 Å². The third kappa shape index (κ3) is 19.7. The van der Waals surface area contributed by atoms with Gasteiger partial charge >= 0.3 is 0 Å². The van der Waals surface area contributed by atoms with Gasteiger partial charge in [-0.3, -0.25) is 0 Å². The lowest BCUT2D eigenvalue weighted by Gasteiger charge is -2.22. The van der Waals surface area contributed by atoms with Crippen molar-refractivity contribution in [1.29, 1.82) is 0 Å². The normalized spacial score (nSPS) is 13.8. The first-order chi connectivity index (χ1) is 13.3. The monoisotopic (exact) mass is 418 g/mol. The molecule has 0 aromatic rings. The van der Waals surface area contributed by atoms with Gasteiger partial charge in [-0.25, -0.2) is 0 Å². The molecule has 27 heavy (non-hydrogen) atoms. The maximum absolute atomic E-state index is 6.39. The van der Waals surface area contributed by atoms with Crippen molar-refractivity contribution in [1.82, 2.24) is 0 Å². The molecule has 0 aliphatic heterocycles. The minimum Gasteiger partial charge on any atom is -0.354 e. The van der Waals surface area contributed by atoms with Crippen molar-refractivity contribution >= 4 is 23.5 Å². The van der Waals surface area contributed by atoms with Gasteiger partial charge in [-0.1, -0.05) is 104 Å². The molecule has 0 aliphatic rings. The van der Waals surface area contributed by atoms with Gasteiger partial charge in [0.2, 0.25) is 0 Å². The van der Waals surface area contributed by atoms with Crippen molar-refractivity contribution in [2.75, 3.05) is 12.5 Å². The van der Waals surface area contributed by atoms with Crippen molar-refractivity contribution in [3.05, 3.63) is 0 Å². The summed E-state index contributed by atoms with van der Waals surface area (Å²) >= 11 is 3.82. The highest BCUT2D eigenvalue weighted by Crippen LogP contribution is 2.25. The molecule has 0 saturated heterocycles. The van der Waals surface area contributed by atoms with Crippen LogP contribution in [0.5, 0.6) is 0 Å². The van der Waals surface area contributed by atoms with Crippen LogP contribution < -0.4 is 0 Å². The Bertz CT molecular complexity index is 247. The summed E-state index contributed by atoms with van der Waals surface area (Å²) in [4.78, 5) is 0. The Morgan fingerprint density at radius 1 is 0.481 bits per heavy atom. The largest absolute Gasteiger partial charge is 0.354 e. The minimum atomic E-state index is 0.400. The maximum Gasteiger partial charge on any atom is 0.104 e. The fraction of sp³-hybridized carbons (Fsp3) is 1.00. The van der Waals surface area contributed by atoms with E-state index in [-0.39, 0.29) is 0 Å². The van der Waals surface area contributed by atoms with Gasteiger partial charge in [0, 0.05) is 0 Å². The number of unbranched alkanes of at least 4 members (excludes halogenated alkanes) is 14. The summed E-state index contributed by atoms with van der Waals surface area (Å²) in [5.41, 5.74) is 0.799. The third-order valence-corrected chi connectivity index (χ3v) is 7.16. The fourth-order valence-electron chi connectivity index (χ4n) is 3.54. The smallest absolute Gasteiger partial charge is 0.104 e. The lowest BCUT2D eigenvalue weighted by Crippen LogP contribution is -2.17. The minimum absolute atomic E-state index is 0.400. The van der Waals surface area contributed by atoms with Gasteiger partial charge in [-0.05, 0) is 38.2 Å². The molecule has 0 radical (unpaired) electrons. The SMILES string of the molecule is CCCCCCCCCCC(OC(CCCCCCCCCC)SC)SC. The van der Waals surface area contributed by atoms with Crippen LogP contribution in [0.15, 0.2) is 0 Å². The molecule has 0 aliphatic carbocycles. The first-order valence-corrected chi connectivity index (χ1v) is 14.6. The zero-order chi connectivity index (χ0) is 20.0. The molecule has 0 spiro atoms. The number of hydrogen-bond donors (Lipinski definition) is 0. The summed E-state index contributed by atoms with van der Waals surface area (Å²) in [6.07, 6.45) is 29.2. The van der Waals surface area contributed by atoms with Crippen molar-refractivity contribution < 1.29 is 4.74 Å². The zero-order valence-electron chi connectivity index (χ0n) is 19.1. The third-order valence-electron chi connectivity index (χ3n) is 5.42. The summed E-state index contributed by atoms with van der Waals surface area (Å²) in [5, 5.41) is 0. The van der Waals surface area contributed by atoms with Gasteiger partial charge in [0.15, 0.2) is 0 Å². The molecule has 0 aromatic heterocycles. The molecule has 0 saturated carbocycles. The van der Waals surface area contributed by atoms with E-state index in [0.29, 0.717) is 10.9 Å². The molecular weight excluding hydrogens is 368 g/mol. The van der Waals surface area contributed by atoms with Crippen LogP contribution in [0.25, 0.3) is 0 Å². The summed E-state index contributed by atoms with van der Waals surface area (Å²) in [6.45, 7) is 4.58. The van der Waals surface area contributed by atoms with E-state index >= 15 is 0 Å². The Kier molecular flexibility index (Phi) is 23.5. The van der Waals surface area contributed by atoms with Crippen LogP contribution in [-0.4, -0.2) is 23.4 Å². The van der Waals surface area contributed by atoms with Crippen LogP contribution in [-0.2, 0) is 4.74 Å². The highest BCUT2D eigenvalue weighted by atomic mass is 32.2. The molecular formula is C24H50OS2. The van der Waals surface area contributed by atoms with Crippen molar-refractivity contribution in [2.45, 2.75) is 140 Å². The highest BCUT2D eigenvalue weighted by molar-refractivity contribution is 7.99. The average molecular weight is 419 g/mol. The van der Waals surface area contributed by atoms with E-state index in [1.54, 1.807) is 0 Å². The second-order valence-corrected chi connectivity index (χ2v) is 9.99. The van der Waals surface area contributed by atoms with Gasteiger partial charge in [-0.15, -0.1) is 23.5 Å². The van der Waals surface area contributed by atoms with Gasteiger partial charge < -0.3 is 4.74 Å². The molecule has 1 nitrogen and oxygen atoms in total. The number of thioether (sulfide) groups is 2. The van der Waals surface area contributed by atoms with E-state index < -0.39 is 0 Å². The standard InChI is InChI=1S/C24H50OS2/c1-5-7-9-11-13-15-17-19-21-23(26-3)25-24(27-4)22-20-18-16-14-12-10-8-6-2/h23-24H,5-22H2,1-4H3. The molecule has 0 heterocycles. The average Bonchev–Trinajstić information content (AvgIpc) is 2.69. The molecule has 164 valence electrons. The number of ether oxygens (including phenoxy) is 1. The quantitative estimate of drug-likeness (QED) is 0.128. The van der Waals surface area contributed by atoms with Gasteiger partial charge in [0.25, 0.3) is 0 Å². The second-order valence-electron chi connectivity index (χ2n) is 7.99. The molecule has 0 bridgehead atoms. The van der Waals surface area contributed by atoms with Crippen LogP contribution in [0, 0.1) is 0 Å². The Labute approximate surface area is 180 Å². The maximum atomic E-state index is 6.39. The van der Waals surface area contributed by atoms with Crippen molar-refractivity contribution in [3.63, 3.8) is 0 Å². The predicted molar refractivity (Wildman–Crippen MR) is 130 cm³/mol. The van der Waals surface area contributed by atoms with E-state index in [1.807, 2.05) is 23.5 Å². The van der Waals surface area contributed by atoms with Crippen molar-refractivity contribution in [3.8, 4) is 0 Å². The van der Waals surface area contributed by atoms with E-state index in [9.17, 15) is 0 Å². The summed E-state index contributed by atoms with van der Waals surface area (Å²) in [5.74, 6) is 0. The van der Waals surface area contributed by atoms with E-state index in [0.717, 1.165) is 0 Å². The summed E-state index contributed by atoms with van der Waals surface area (Å²) in [6, 6.07) is 0. The van der Waals surface area contributed by atoms with E-state index in [2.05, 4.69) is 26.4 Å². The predicted octanol–water partition coefficient (Wildman–Crippen LogP) is 9.44. The van der Waals surface area contributed by atoms with Crippen LogP contribution in [0.2, 0.25) is 0 Å². The topological polar surface area (TPSA) is 9.23 Å². The Hall–Kier alpha value is 0.660. The number of rotatable bonds is 22. The Morgan fingerprint density at radius 2 is 0.778 bits per heavy atom. The van der Waals surface area contributed by atoms with Crippen LogP contribution >= 0.6 is 23.5 Å². The first-order valence-electron chi connectivity index (χ1n) is 12.0. The molecule has 0 fully saturated rings. The molecule has 2 atom stereocenters. The molecule has 0 rings (SSSR count). The Balaban J connectivity index is 3.64. The van der Waals surface area contributed by atoms with Gasteiger partial charge in [0.05, 0.1) is 0 Å². The van der Waals surface area contributed by atoms with Gasteiger partial charge in [0.1, 0.15) is 10.9 Å². The molecule has 3 heteroatoms. The van der Waals surface area contributed by atoms with Crippen LogP contribution in [0.4, 0.5) is 0 Å². The van der Waals surface area contributed by atoms with Gasteiger partial charge in [-0.2, -0.15) is 0 Å². The first kappa shape index (κ1) is 27.7. The van der Waals surface area contributed by atoms with E-state index in [4.69, 9.17) is 4.74 Å². The second kappa shape index (κ2) is 22.9. The highest BCUT2D eigenvalue weighted by Gasteiger charge is 2.14. The van der Waals surface area contributed by atoms with E-state index in [1.165, 1.54) is 116 Å². The Morgan fingerprint density at radius 3 is 1.07 bits per heavy atom. The molecule has 0 amide bonds. The van der Waals surface area contributed by atoms with Crippen LogP contribution in [0.1, 0.15) is 129 Å². The fourth-order valence-corrected chi connectivity index (χ4v) is 4.91.